The zero-order valence-corrected chi connectivity index (χ0v) is 16.4. The summed E-state index contributed by atoms with van der Waals surface area (Å²) in [4.78, 5) is 43.7. The molecule has 4 amide bonds. The van der Waals surface area contributed by atoms with Crippen LogP contribution in [0.1, 0.15) is 37.8 Å². The number of carbonyl (C=O) groups excluding carboxylic acids is 3. The molecule has 1 aliphatic carbocycles. The number of urea groups is 1. The highest BCUT2D eigenvalue weighted by Crippen LogP contribution is 2.27. The third-order valence-electron chi connectivity index (χ3n) is 4.82. The zero-order chi connectivity index (χ0) is 18.8. The number of rotatable bonds is 6. The average Bonchev–Trinajstić information content (AvgIpc) is 3.40. The van der Waals surface area contributed by atoms with Gasteiger partial charge < -0.3 is 0 Å². The highest BCUT2D eigenvalue weighted by molar-refractivity contribution is 7.14. The van der Waals surface area contributed by atoms with Crippen LogP contribution in [0.3, 0.4) is 0 Å². The third kappa shape index (κ3) is 3.72. The highest BCUT2D eigenvalue weighted by atomic mass is 32.1. The molecule has 0 unspecified atom stereocenters. The first-order valence-electron chi connectivity index (χ1n) is 8.95. The minimum Gasteiger partial charge on any atom is -0.263 e. The van der Waals surface area contributed by atoms with Crippen molar-refractivity contribution in [2.24, 2.45) is 0 Å². The maximum Gasteiger partial charge on any atom is 0.334 e. The van der Waals surface area contributed by atoms with Gasteiger partial charge in [0.25, 0.3) is 0 Å². The summed E-state index contributed by atoms with van der Waals surface area (Å²) >= 11 is 3.05. The summed E-state index contributed by atoms with van der Waals surface area (Å²) in [6.07, 6.45) is 7.25. The summed E-state index contributed by atoms with van der Waals surface area (Å²) in [6.45, 7) is 0.298. The number of thiophene rings is 1. The second-order valence-corrected chi connectivity index (χ2v) is 8.28. The first-order valence-corrected chi connectivity index (χ1v) is 10.8. The molecule has 0 aromatic carbocycles. The molecule has 4 rings (SSSR count). The fourth-order valence-corrected chi connectivity index (χ4v) is 4.86. The van der Waals surface area contributed by atoms with E-state index >= 15 is 0 Å². The van der Waals surface area contributed by atoms with Gasteiger partial charge in [-0.25, -0.2) is 14.7 Å². The van der Waals surface area contributed by atoms with Gasteiger partial charge in [-0.1, -0.05) is 11.6 Å². The van der Waals surface area contributed by atoms with Crippen LogP contribution in [0.25, 0.3) is 10.6 Å². The van der Waals surface area contributed by atoms with Gasteiger partial charge in [-0.05, 0) is 43.6 Å². The number of hydrogen-bond donors (Lipinski definition) is 0. The van der Waals surface area contributed by atoms with Crippen molar-refractivity contribution in [1.29, 1.82) is 0 Å². The lowest BCUT2D eigenvalue weighted by Crippen LogP contribution is -2.34. The summed E-state index contributed by atoms with van der Waals surface area (Å²) in [5.74, 6) is -1.49. The molecule has 0 radical (unpaired) electrons. The normalized spacial score (nSPS) is 17.8. The molecule has 0 bridgehead atoms. The van der Waals surface area contributed by atoms with Crippen molar-refractivity contribution in [3.63, 3.8) is 0 Å². The summed E-state index contributed by atoms with van der Waals surface area (Å²) in [5, 5.41) is 6.65. The van der Waals surface area contributed by atoms with Gasteiger partial charge in [-0.2, -0.15) is 11.3 Å². The van der Waals surface area contributed by atoms with Gasteiger partial charge in [-0.15, -0.1) is 11.3 Å². The van der Waals surface area contributed by atoms with Crippen molar-refractivity contribution >= 4 is 40.5 Å². The average molecular weight is 402 g/mol. The number of carbonyl (C=O) groups is 3. The van der Waals surface area contributed by atoms with Crippen LogP contribution in [-0.2, 0) is 16.1 Å². The Bertz CT molecular complexity index is 901. The molecule has 1 fully saturated rings. The molecular formula is C19H19N3O3S2. The van der Waals surface area contributed by atoms with Gasteiger partial charge in [0.15, 0.2) is 0 Å². The van der Waals surface area contributed by atoms with E-state index in [1.54, 1.807) is 11.3 Å². The number of thiazole rings is 1. The van der Waals surface area contributed by atoms with Crippen molar-refractivity contribution in [2.45, 2.75) is 38.6 Å². The largest absolute Gasteiger partial charge is 0.334 e. The molecule has 8 heteroatoms. The molecule has 0 saturated carbocycles. The van der Waals surface area contributed by atoms with E-state index in [-0.39, 0.29) is 13.1 Å². The molecule has 2 aromatic heterocycles. The van der Waals surface area contributed by atoms with Crippen molar-refractivity contribution in [1.82, 2.24) is 14.8 Å². The molecule has 1 aliphatic heterocycles. The minimum absolute atomic E-state index is 0.0310. The van der Waals surface area contributed by atoms with Crippen LogP contribution in [0.2, 0.25) is 0 Å². The van der Waals surface area contributed by atoms with Gasteiger partial charge in [0, 0.05) is 22.9 Å². The Kier molecular flexibility index (Phi) is 5.18. The molecule has 140 valence electrons. The van der Waals surface area contributed by atoms with Crippen LogP contribution in [-0.4, -0.2) is 39.2 Å². The van der Waals surface area contributed by atoms with E-state index in [4.69, 9.17) is 0 Å². The van der Waals surface area contributed by atoms with E-state index in [9.17, 15) is 14.4 Å². The fourth-order valence-electron chi connectivity index (χ4n) is 3.33. The van der Waals surface area contributed by atoms with Crippen molar-refractivity contribution < 1.29 is 14.4 Å². The Morgan fingerprint density at radius 2 is 1.93 bits per heavy atom. The van der Waals surface area contributed by atoms with Crippen LogP contribution in [0.15, 0.2) is 33.9 Å². The number of nitrogens with zero attached hydrogens (tertiary/aromatic N) is 3. The number of hydrogen-bond acceptors (Lipinski definition) is 6. The van der Waals surface area contributed by atoms with E-state index in [1.807, 2.05) is 22.2 Å². The Morgan fingerprint density at radius 3 is 2.67 bits per heavy atom. The lowest BCUT2D eigenvalue weighted by atomic mass is 9.97. The molecule has 0 N–H and O–H groups in total. The highest BCUT2D eigenvalue weighted by Gasteiger charge is 2.44. The topological polar surface area (TPSA) is 70.6 Å². The van der Waals surface area contributed by atoms with Crippen molar-refractivity contribution in [2.75, 3.05) is 6.54 Å². The molecular weight excluding hydrogens is 382 g/mol. The molecule has 3 heterocycles. The summed E-state index contributed by atoms with van der Waals surface area (Å²) in [5.41, 5.74) is 2.91. The van der Waals surface area contributed by atoms with Crippen LogP contribution in [0.5, 0.6) is 0 Å². The summed E-state index contributed by atoms with van der Waals surface area (Å²) in [7, 11) is 0. The quantitative estimate of drug-likeness (QED) is 0.416. The number of imide groups is 2. The minimum atomic E-state index is -0.761. The first-order chi connectivity index (χ1) is 13.1. The lowest BCUT2D eigenvalue weighted by Gasteiger charge is -2.17. The predicted molar refractivity (Wildman–Crippen MR) is 104 cm³/mol. The molecule has 0 atom stereocenters. The van der Waals surface area contributed by atoms with Crippen molar-refractivity contribution in [3.8, 4) is 10.6 Å². The first kappa shape index (κ1) is 18.1. The Labute approximate surface area is 165 Å². The predicted octanol–water partition coefficient (Wildman–Crippen LogP) is 4.05. The number of amides is 4. The fraction of sp³-hybridized carbons (Fsp3) is 0.368. The molecule has 1 saturated heterocycles. The number of aromatic nitrogens is 1. The maximum absolute atomic E-state index is 12.6. The third-order valence-corrected chi connectivity index (χ3v) is 6.44. The standard InChI is InChI=1S/C19H19N3O3S2/c23-17-18(24)22(10-15-12-27-16(20-15)14-7-9-26-11-14)19(25)21(17)8-6-13-4-2-1-3-5-13/h4,7,9,11-12H,1-3,5-6,8,10H2. The van der Waals surface area contributed by atoms with Crippen LogP contribution in [0, 0.1) is 0 Å². The van der Waals surface area contributed by atoms with E-state index in [0.717, 1.165) is 39.6 Å². The van der Waals surface area contributed by atoms with Crippen LogP contribution in [0.4, 0.5) is 4.79 Å². The monoisotopic (exact) mass is 401 g/mol. The van der Waals surface area contributed by atoms with E-state index < -0.39 is 17.8 Å². The Hall–Kier alpha value is -2.32. The van der Waals surface area contributed by atoms with Crippen molar-refractivity contribution in [3.05, 3.63) is 39.5 Å². The number of allylic oxidation sites excluding steroid dienone is 1. The van der Waals surface area contributed by atoms with Crippen LogP contribution < -0.4 is 0 Å². The summed E-state index contributed by atoms with van der Waals surface area (Å²) < 4.78 is 0. The lowest BCUT2D eigenvalue weighted by molar-refractivity contribution is -0.143. The van der Waals surface area contributed by atoms with Gasteiger partial charge in [0.1, 0.15) is 5.01 Å². The van der Waals surface area contributed by atoms with E-state index in [0.29, 0.717) is 12.1 Å². The van der Waals surface area contributed by atoms with Gasteiger partial charge in [0.05, 0.1) is 12.2 Å². The maximum atomic E-state index is 12.6. The molecule has 0 spiro atoms. The van der Waals surface area contributed by atoms with E-state index in [1.165, 1.54) is 23.3 Å². The Balaban J connectivity index is 1.42. The zero-order valence-electron chi connectivity index (χ0n) is 14.7. The second-order valence-electron chi connectivity index (χ2n) is 6.64. The molecule has 2 aromatic rings. The van der Waals surface area contributed by atoms with Gasteiger partial charge in [0.2, 0.25) is 0 Å². The van der Waals surface area contributed by atoms with E-state index in [2.05, 4.69) is 11.1 Å². The molecule has 6 nitrogen and oxygen atoms in total. The van der Waals surface area contributed by atoms with Gasteiger partial charge >= 0.3 is 17.8 Å². The van der Waals surface area contributed by atoms with Crippen LogP contribution >= 0.6 is 22.7 Å². The molecule has 27 heavy (non-hydrogen) atoms. The van der Waals surface area contributed by atoms with Gasteiger partial charge in [-0.3, -0.25) is 14.5 Å². The summed E-state index contributed by atoms with van der Waals surface area (Å²) in [6, 6.07) is 1.44. The molecule has 2 aliphatic rings. The smallest absolute Gasteiger partial charge is 0.263 e. The SMILES string of the molecule is O=C1C(=O)N(Cc2csc(-c3ccsc3)n2)C(=O)N1CCC1=CCCCC1. The Morgan fingerprint density at radius 1 is 1.07 bits per heavy atom. The second kappa shape index (κ2) is 7.74.